The second-order valence-corrected chi connectivity index (χ2v) is 6.17. The van der Waals surface area contributed by atoms with Gasteiger partial charge in [0, 0.05) is 23.7 Å². The predicted octanol–water partition coefficient (Wildman–Crippen LogP) is 3.85. The topological polar surface area (TPSA) is 29.3 Å². The monoisotopic (exact) mass is 280 g/mol. The molecule has 1 aliphatic rings. The third kappa shape index (κ3) is 3.50. The molecule has 1 heterocycles. The highest BCUT2D eigenvalue weighted by molar-refractivity contribution is 6.30. The minimum atomic E-state index is 0.444. The van der Waals surface area contributed by atoms with E-state index in [4.69, 9.17) is 17.3 Å². The van der Waals surface area contributed by atoms with Gasteiger partial charge in [0.15, 0.2) is 0 Å². The van der Waals surface area contributed by atoms with Crippen LogP contribution in [0.5, 0.6) is 0 Å². The van der Waals surface area contributed by atoms with Gasteiger partial charge in [0.1, 0.15) is 0 Å². The Morgan fingerprint density at radius 3 is 2.89 bits per heavy atom. The molecule has 1 aromatic rings. The van der Waals surface area contributed by atoms with Crippen molar-refractivity contribution in [1.82, 2.24) is 4.90 Å². The molecule has 2 rings (SSSR count). The molecule has 0 aliphatic carbocycles. The van der Waals surface area contributed by atoms with Crippen LogP contribution >= 0.6 is 11.6 Å². The summed E-state index contributed by atoms with van der Waals surface area (Å²) in [4.78, 5) is 2.59. The lowest BCUT2D eigenvalue weighted by Gasteiger charge is -2.43. The first-order valence-electron chi connectivity index (χ1n) is 7.37. The molecule has 1 aliphatic heterocycles. The van der Waals surface area contributed by atoms with Gasteiger partial charge in [0.2, 0.25) is 0 Å². The summed E-state index contributed by atoms with van der Waals surface area (Å²) >= 11 is 6.14. The molecule has 0 spiro atoms. The van der Waals surface area contributed by atoms with E-state index in [1.165, 1.54) is 18.4 Å². The van der Waals surface area contributed by atoms with E-state index < -0.39 is 0 Å². The van der Waals surface area contributed by atoms with E-state index in [1.54, 1.807) is 0 Å². The molecule has 0 saturated carbocycles. The minimum absolute atomic E-state index is 0.444. The number of halogens is 1. The molecule has 0 bridgehead atoms. The molecule has 0 aromatic heterocycles. The highest BCUT2D eigenvalue weighted by atomic mass is 35.5. The van der Waals surface area contributed by atoms with Crippen molar-refractivity contribution in [1.29, 1.82) is 0 Å². The summed E-state index contributed by atoms with van der Waals surface area (Å²) in [6.07, 6.45) is 3.59. The molecule has 1 aromatic carbocycles. The van der Waals surface area contributed by atoms with Crippen molar-refractivity contribution >= 4 is 11.6 Å². The van der Waals surface area contributed by atoms with Crippen LogP contribution in [0, 0.1) is 5.92 Å². The number of rotatable bonds is 4. The zero-order valence-corrected chi connectivity index (χ0v) is 12.7. The summed E-state index contributed by atoms with van der Waals surface area (Å²) in [5, 5.41) is 0.825. The van der Waals surface area contributed by atoms with Crippen molar-refractivity contribution in [3.63, 3.8) is 0 Å². The van der Waals surface area contributed by atoms with Crippen LogP contribution in [0.25, 0.3) is 0 Å². The normalized spacial score (nSPS) is 26.3. The number of benzene rings is 1. The number of hydrogen-bond acceptors (Lipinski definition) is 2. The molecule has 1 saturated heterocycles. The van der Waals surface area contributed by atoms with E-state index in [2.05, 4.69) is 30.9 Å². The Kier molecular flexibility index (Phi) is 5.26. The number of nitrogens with zero attached hydrogens (tertiary/aromatic N) is 1. The standard InChI is InChI=1S/C16H25ClN2/c1-3-16(13-5-4-6-14(17)10-13)19-8-7-12(2)9-15(19)11-18/h4-6,10,12,15-16H,3,7-9,11,18H2,1-2H3. The molecule has 2 N–H and O–H groups in total. The third-order valence-corrected chi connectivity index (χ3v) is 4.55. The van der Waals surface area contributed by atoms with Crippen molar-refractivity contribution in [3.8, 4) is 0 Å². The molecular weight excluding hydrogens is 256 g/mol. The summed E-state index contributed by atoms with van der Waals surface area (Å²) in [6, 6.07) is 9.22. The van der Waals surface area contributed by atoms with Crippen molar-refractivity contribution in [2.45, 2.75) is 45.2 Å². The number of hydrogen-bond donors (Lipinski definition) is 1. The first-order chi connectivity index (χ1) is 9.15. The highest BCUT2D eigenvalue weighted by Gasteiger charge is 2.30. The summed E-state index contributed by atoms with van der Waals surface area (Å²) in [6.45, 7) is 6.48. The van der Waals surface area contributed by atoms with Gasteiger partial charge in [-0.25, -0.2) is 0 Å². The summed E-state index contributed by atoms with van der Waals surface area (Å²) in [7, 11) is 0. The van der Waals surface area contributed by atoms with Crippen LogP contribution in [0.3, 0.4) is 0 Å². The summed E-state index contributed by atoms with van der Waals surface area (Å²) < 4.78 is 0. The molecule has 2 nitrogen and oxygen atoms in total. The Morgan fingerprint density at radius 2 is 2.26 bits per heavy atom. The van der Waals surface area contributed by atoms with Gasteiger partial charge < -0.3 is 5.73 Å². The molecule has 0 amide bonds. The van der Waals surface area contributed by atoms with Crippen molar-refractivity contribution < 1.29 is 0 Å². The van der Waals surface area contributed by atoms with E-state index in [0.29, 0.717) is 12.1 Å². The van der Waals surface area contributed by atoms with Crippen LogP contribution in [0.15, 0.2) is 24.3 Å². The Labute approximate surface area is 121 Å². The first kappa shape index (κ1) is 14.8. The van der Waals surface area contributed by atoms with Crippen molar-refractivity contribution in [2.75, 3.05) is 13.1 Å². The molecule has 19 heavy (non-hydrogen) atoms. The maximum atomic E-state index is 6.14. The Balaban J connectivity index is 2.20. The molecule has 0 radical (unpaired) electrons. The van der Waals surface area contributed by atoms with Gasteiger partial charge in [-0.3, -0.25) is 4.90 Å². The zero-order valence-electron chi connectivity index (χ0n) is 12.0. The maximum absolute atomic E-state index is 6.14. The molecule has 3 unspecified atom stereocenters. The number of piperidine rings is 1. The average molecular weight is 281 g/mol. The molecule has 106 valence electrons. The summed E-state index contributed by atoms with van der Waals surface area (Å²) in [5.74, 6) is 0.793. The number of nitrogens with two attached hydrogens (primary N) is 1. The van der Waals surface area contributed by atoms with Crippen LogP contribution in [0.1, 0.15) is 44.7 Å². The van der Waals surface area contributed by atoms with Crippen LogP contribution in [-0.2, 0) is 0 Å². The lowest BCUT2D eigenvalue weighted by atomic mass is 9.89. The second-order valence-electron chi connectivity index (χ2n) is 5.74. The molecular formula is C16H25ClN2. The average Bonchev–Trinajstić information content (AvgIpc) is 2.41. The van der Waals surface area contributed by atoms with Gasteiger partial charge >= 0.3 is 0 Å². The highest BCUT2D eigenvalue weighted by Crippen LogP contribution is 2.33. The van der Waals surface area contributed by atoms with E-state index in [1.807, 2.05) is 12.1 Å². The van der Waals surface area contributed by atoms with Gasteiger partial charge in [-0.05, 0) is 49.4 Å². The van der Waals surface area contributed by atoms with Crippen LogP contribution in [-0.4, -0.2) is 24.0 Å². The third-order valence-electron chi connectivity index (χ3n) is 4.32. The van der Waals surface area contributed by atoms with Gasteiger partial charge in [-0.15, -0.1) is 0 Å². The molecule has 3 heteroatoms. The first-order valence-corrected chi connectivity index (χ1v) is 7.74. The fraction of sp³-hybridized carbons (Fsp3) is 0.625. The SMILES string of the molecule is CCC(c1cccc(Cl)c1)N1CCC(C)CC1CN. The Morgan fingerprint density at radius 1 is 1.47 bits per heavy atom. The smallest absolute Gasteiger partial charge is 0.0409 e. The van der Waals surface area contributed by atoms with E-state index in [9.17, 15) is 0 Å². The molecule has 3 atom stereocenters. The fourth-order valence-electron chi connectivity index (χ4n) is 3.29. The van der Waals surface area contributed by atoms with Crippen molar-refractivity contribution in [3.05, 3.63) is 34.9 Å². The summed E-state index contributed by atoms with van der Waals surface area (Å²) in [5.41, 5.74) is 7.31. The van der Waals surface area contributed by atoms with Gasteiger partial charge in [0.25, 0.3) is 0 Å². The number of likely N-dealkylation sites (tertiary alicyclic amines) is 1. The van der Waals surface area contributed by atoms with Crippen LogP contribution in [0.4, 0.5) is 0 Å². The van der Waals surface area contributed by atoms with Crippen LogP contribution in [0.2, 0.25) is 5.02 Å². The zero-order chi connectivity index (χ0) is 13.8. The molecule has 1 fully saturated rings. The predicted molar refractivity (Wildman–Crippen MR) is 82.4 cm³/mol. The van der Waals surface area contributed by atoms with Crippen molar-refractivity contribution in [2.24, 2.45) is 11.7 Å². The quantitative estimate of drug-likeness (QED) is 0.908. The maximum Gasteiger partial charge on any atom is 0.0409 e. The van der Waals surface area contributed by atoms with E-state index in [-0.39, 0.29) is 0 Å². The van der Waals surface area contributed by atoms with Gasteiger partial charge in [-0.2, -0.15) is 0 Å². The fourth-order valence-corrected chi connectivity index (χ4v) is 3.49. The Hall–Kier alpha value is -0.570. The largest absolute Gasteiger partial charge is 0.329 e. The van der Waals surface area contributed by atoms with Gasteiger partial charge in [-0.1, -0.05) is 37.6 Å². The minimum Gasteiger partial charge on any atom is -0.329 e. The van der Waals surface area contributed by atoms with Gasteiger partial charge in [0.05, 0.1) is 0 Å². The van der Waals surface area contributed by atoms with Crippen LogP contribution < -0.4 is 5.73 Å². The lowest BCUT2D eigenvalue weighted by Crippen LogP contribution is -2.47. The Bertz CT molecular complexity index is 407. The van der Waals surface area contributed by atoms with E-state index >= 15 is 0 Å². The second kappa shape index (κ2) is 6.74. The lowest BCUT2D eigenvalue weighted by molar-refractivity contribution is 0.0733. The van der Waals surface area contributed by atoms with E-state index in [0.717, 1.165) is 30.5 Å².